The number of fused-ring (bicyclic) bond motifs is 2. The summed E-state index contributed by atoms with van der Waals surface area (Å²) in [5.74, 6) is 1.66. The van der Waals surface area contributed by atoms with E-state index in [4.69, 9.17) is 4.74 Å². The molecule has 2 heteroatoms. The molecular formula is C58H45NO. The van der Waals surface area contributed by atoms with Gasteiger partial charge in [-0.3, -0.25) is 0 Å². The topological polar surface area (TPSA) is 12.5 Å². The van der Waals surface area contributed by atoms with Gasteiger partial charge in [-0.25, -0.2) is 0 Å². The van der Waals surface area contributed by atoms with Crippen molar-refractivity contribution in [1.82, 2.24) is 0 Å². The van der Waals surface area contributed by atoms with Crippen LogP contribution in [0.5, 0.6) is 11.5 Å². The molecule has 0 aromatic heterocycles. The molecule has 0 radical (unpaired) electrons. The van der Waals surface area contributed by atoms with Crippen LogP contribution in [0.15, 0.2) is 200 Å². The van der Waals surface area contributed by atoms with Gasteiger partial charge in [-0.2, -0.15) is 0 Å². The molecule has 0 spiro atoms. The van der Waals surface area contributed by atoms with Gasteiger partial charge in [0.05, 0.1) is 11.4 Å². The Kier molecular flexibility index (Phi) is 9.47. The summed E-state index contributed by atoms with van der Waals surface area (Å²) in [5.41, 5.74) is 22.1. The first kappa shape index (κ1) is 36.9. The molecule has 10 rings (SSSR count). The second-order valence-corrected chi connectivity index (χ2v) is 16.2. The highest BCUT2D eigenvalue weighted by Gasteiger charge is 2.26. The molecule has 0 unspecified atom stereocenters. The summed E-state index contributed by atoms with van der Waals surface area (Å²) in [6.07, 6.45) is 0. The van der Waals surface area contributed by atoms with Gasteiger partial charge in [0.25, 0.3) is 0 Å². The number of hydrogen-bond donors (Lipinski definition) is 0. The van der Waals surface area contributed by atoms with Gasteiger partial charge in [0.2, 0.25) is 0 Å². The lowest BCUT2D eigenvalue weighted by Gasteiger charge is -2.33. The zero-order chi connectivity index (χ0) is 40.7. The van der Waals surface area contributed by atoms with Gasteiger partial charge in [0.1, 0.15) is 0 Å². The van der Waals surface area contributed by atoms with Crippen molar-refractivity contribution in [3.63, 3.8) is 0 Å². The van der Waals surface area contributed by atoms with Gasteiger partial charge in [-0.05, 0) is 173 Å². The molecule has 0 N–H and O–H groups in total. The number of benzene rings is 9. The van der Waals surface area contributed by atoms with Crippen LogP contribution >= 0.6 is 0 Å². The van der Waals surface area contributed by atoms with E-state index >= 15 is 0 Å². The maximum Gasteiger partial charge on any atom is 0.151 e. The first-order chi connectivity index (χ1) is 29.3. The molecule has 2 nitrogen and oxygen atoms in total. The second kappa shape index (κ2) is 15.4. The number of anilines is 3. The summed E-state index contributed by atoms with van der Waals surface area (Å²) in [4.78, 5) is 2.36. The first-order valence-electron chi connectivity index (χ1n) is 20.7. The van der Waals surface area contributed by atoms with Crippen LogP contribution in [0.1, 0.15) is 22.3 Å². The summed E-state index contributed by atoms with van der Waals surface area (Å²) in [6, 6.07) is 73.2. The largest absolute Gasteiger partial charge is 0.453 e. The average molecular weight is 772 g/mol. The first-order valence-corrected chi connectivity index (χ1v) is 20.7. The Labute approximate surface area is 353 Å². The summed E-state index contributed by atoms with van der Waals surface area (Å²) < 4.78 is 6.51. The van der Waals surface area contributed by atoms with Crippen molar-refractivity contribution in [3.8, 4) is 78.3 Å². The minimum absolute atomic E-state index is 0.828. The SMILES string of the molecule is Cc1cccc(-c2cc(-c3cccc(C)c3)cc(-c3cc(-c4cc(-c5cccc(C)c5)cc(-c5cccc(C)c5)c4)cc(N4c5ccccc5Oc5ccccc54)c3)c2)c1. The van der Waals surface area contributed by atoms with E-state index in [1.807, 2.05) is 12.1 Å². The van der Waals surface area contributed by atoms with Crippen molar-refractivity contribution >= 4 is 17.1 Å². The molecule has 288 valence electrons. The molecule has 0 saturated heterocycles. The van der Waals surface area contributed by atoms with E-state index < -0.39 is 0 Å². The summed E-state index contributed by atoms with van der Waals surface area (Å²) in [6.45, 7) is 8.66. The Morgan fingerprint density at radius 1 is 0.267 bits per heavy atom. The predicted molar refractivity (Wildman–Crippen MR) is 253 cm³/mol. The molecule has 1 aliphatic heterocycles. The monoisotopic (exact) mass is 771 g/mol. The molecule has 60 heavy (non-hydrogen) atoms. The van der Waals surface area contributed by atoms with E-state index in [0.29, 0.717) is 0 Å². The number of hydrogen-bond acceptors (Lipinski definition) is 2. The van der Waals surface area contributed by atoms with Crippen molar-refractivity contribution in [2.75, 3.05) is 4.90 Å². The fourth-order valence-electron chi connectivity index (χ4n) is 8.61. The van der Waals surface area contributed by atoms with Crippen LogP contribution in [0, 0.1) is 27.7 Å². The van der Waals surface area contributed by atoms with E-state index in [9.17, 15) is 0 Å². The van der Waals surface area contributed by atoms with E-state index in [0.717, 1.165) is 50.8 Å². The van der Waals surface area contributed by atoms with Crippen molar-refractivity contribution in [1.29, 1.82) is 0 Å². The zero-order valence-corrected chi connectivity index (χ0v) is 34.4. The van der Waals surface area contributed by atoms with Gasteiger partial charge in [-0.1, -0.05) is 144 Å². The summed E-state index contributed by atoms with van der Waals surface area (Å²) >= 11 is 0. The Hall–Kier alpha value is -7.42. The van der Waals surface area contributed by atoms with Gasteiger partial charge in [0.15, 0.2) is 11.5 Å². The van der Waals surface area contributed by atoms with Crippen molar-refractivity contribution in [2.45, 2.75) is 27.7 Å². The normalized spacial score (nSPS) is 11.8. The third-order valence-electron chi connectivity index (χ3n) is 11.5. The number of aryl methyl sites for hydroxylation is 4. The highest BCUT2D eigenvalue weighted by Crippen LogP contribution is 2.51. The van der Waals surface area contributed by atoms with E-state index in [1.54, 1.807) is 0 Å². The summed E-state index contributed by atoms with van der Waals surface area (Å²) in [5, 5.41) is 0. The van der Waals surface area contributed by atoms with Gasteiger partial charge >= 0.3 is 0 Å². The lowest BCUT2D eigenvalue weighted by atomic mass is 9.89. The van der Waals surface area contributed by atoms with Crippen LogP contribution in [0.4, 0.5) is 17.1 Å². The molecule has 0 saturated carbocycles. The Bertz CT molecular complexity index is 2750. The molecular weight excluding hydrogens is 727 g/mol. The third kappa shape index (κ3) is 7.29. The lowest BCUT2D eigenvalue weighted by Crippen LogP contribution is -2.15. The van der Waals surface area contributed by atoms with Crippen LogP contribution in [0.25, 0.3) is 66.8 Å². The quantitative estimate of drug-likeness (QED) is 0.160. The maximum atomic E-state index is 6.51. The van der Waals surface area contributed by atoms with Crippen molar-refractivity contribution in [3.05, 3.63) is 222 Å². The predicted octanol–water partition coefficient (Wildman–Crippen LogP) is 16.5. The Morgan fingerprint density at radius 2 is 0.550 bits per heavy atom. The molecule has 0 aliphatic carbocycles. The van der Waals surface area contributed by atoms with Crippen LogP contribution < -0.4 is 9.64 Å². The third-order valence-corrected chi connectivity index (χ3v) is 11.5. The van der Waals surface area contributed by atoms with Crippen LogP contribution in [-0.4, -0.2) is 0 Å². The molecule has 1 aliphatic rings. The molecule has 0 bridgehead atoms. The molecule has 1 heterocycles. The number of ether oxygens (including phenoxy) is 1. The molecule has 9 aromatic rings. The smallest absolute Gasteiger partial charge is 0.151 e. The zero-order valence-electron chi connectivity index (χ0n) is 34.4. The second-order valence-electron chi connectivity index (χ2n) is 16.2. The maximum absolute atomic E-state index is 6.51. The number of para-hydroxylation sites is 4. The fraction of sp³-hybridized carbons (Fsp3) is 0.0690. The van der Waals surface area contributed by atoms with Crippen LogP contribution in [0.2, 0.25) is 0 Å². The van der Waals surface area contributed by atoms with Crippen molar-refractivity contribution < 1.29 is 4.74 Å². The van der Waals surface area contributed by atoms with E-state index in [2.05, 4.69) is 221 Å². The van der Waals surface area contributed by atoms with E-state index in [1.165, 1.54) is 66.8 Å². The Morgan fingerprint density at radius 3 is 0.867 bits per heavy atom. The number of nitrogens with zero attached hydrogens (tertiary/aromatic N) is 1. The standard InChI is InChI=1S/C58H45NO/c1-38-13-9-17-42(25-38)46-29-47(43-18-10-14-39(2)26-43)32-50(31-46)52-35-53(37-54(36-52)59-55-21-5-7-23-57(55)60-58-24-8-6-22-56(58)59)51-33-48(44-19-11-15-40(3)27-44)30-49(34-51)45-20-12-16-41(4)28-45/h5-37H,1-4H3. The van der Waals surface area contributed by atoms with E-state index in [-0.39, 0.29) is 0 Å². The van der Waals surface area contributed by atoms with Crippen LogP contribution in [0.3, 0.4) is 0 Å². The summed E-state index contributed by atoms with van der Waals surface area (Å²) in [7, 11) is 0. The van der Waals surface area contributed by atoms with Crippen molar-refractivity contribution in [2.24, 2.45) is 0 Å². The lowest BCUT2D eigenvalue weighted by molar-refractivity contribution is 0.477. The molecule has 9 aromatic carbocycles. The highest BCUT2D eigenvalue weighted by atomic mass is 16.5. The van der Waals surface area contributed by atoms with Gasteiger partial charge < -0.3 is 9.64 Å². The Balaban J connectivity index is 1.26. The van der Waals surface area contributed by atoms with Crippen LogP contribution in [-0.2, 0) is 0 Å². The number of rotatable bonds is 7. The minimum atomic E-state index is 0.828. The molecule has 0 fully saturated rings. The van der Waals surface area contributed by atoms with Gasteiger partial charge in [-0.15, -0.1) is 0 Å². The molecule has 0 amide bonds. The minimum Gasteiger partial charge on any atom is -0.453 e. The average Bonchev–Trinajstić information content (AvgIpc) is 3.27. The van der Waals surface area contributed by atoms with Gasteiger partial charge in [0, 0.05) is 5.69 Å². The fourth-order valence-corrected chi connectivity index (χ4v) is 8.61. The highest BCUT2D eigenvalue weighted by molar-refractivity contribution is 5.92. The molecule has 0 atom stereocenters.